The van der Waals surface area contributed by atoms with Crippen LogP contribution in [0.25, 0.3) is 0 Å². The van der Waals surface area contributed by atoms with Crippen LogP contribution in [0.1, 0.15) is 5.56 Å². The third kappa shape index (κ3) is 5.81. The highest BCUT2D eigenvalue weighted by atomic mass is 35.5. The van der Waals surface area contributed by atoms with E-state index < -0.39 is 22.5 Å². The standard InChI is InChI=1S/C20H18Cl2N4O3S3/c1-3-11-30-20-25-24-19(31-20)23-17(27)12-26(16-6-4-5-15(21)18(16)22)32(28,29)14-9-7-13(2)8-10-14/h3-10H,1,11-12H2,2H3,(H,23,24,27). The van der Waals surface area contributed by atoms with Crippen molar-refractivity contribution in [3.8, 4) is 0 Å². The zero-order valence-electron chi connectivity index (χ0n) is 16.8. The van der Waals surface area contributed by atoms with Gasteiger partial charge in [-0.15, -0.1) is 16.8 Å². The summed E-state index contributed by atoms with van der Waals surface area (Å²) in [6, 6.07) is 10.9. The first kappa shape index (κ1) is 24.5. The maximum Gasteiger partial charge on any atom is 0.264 e. The Bertz CT molecular complexity index is 1230. The number of hydrogen-bond donors (Lipinski definition) is 1. The quantitative estimate of drug-likeness (QED) is 0.231. The van der Waals surface area contributed by atoms with Gasteiger partial charge < -0.3 is 0 Å². The molecule has 0 saturated heterocycles. The Morgan fingerprint density at radius 1 is 1.22 bits per heavy atom. The van der Waals surface area contributed by atoms with Crippen molar-refractivity contribution in [2.45, 2.75) is 16.2 Å². The fourth-order valence-corrected chi connectivity index (χ4v) is 5.97. The van der Waals surface area contributed by atoms with Gasteiger partial charge in [-0.3, -0.25) is 14.4 Å². The summed E-state index contributed by atoms with van der Waals surface area (Å²) in [5, 5.41) is 10.9. The predicted octanol–water partition coefficient (Wildman–Crippen LogP) is 5.27. The van der Waals surface area contributed by atoms with Gasteiger partial charge in [0.05, 0.1) is 20.6 Å². The lowest BCUT2D eigenvalue weighted by atomic mass is 10.2. The molecule has 2 aromatic carbocycles. The summed E-state index contributed by atoms with van der Waals surface area (Å²) in [5.41, 5.74) is 0.991. The predicted molar refractivity (Wildman–Crippen MR) is 132 cm³/mol. The van der Waals surface area contributed by atoms with Crippen molar-refractivity contribution in [3.05, 3.63) is 70.7 Å². The lowest BCUT2D eigenvalue weighted by molar-refractivity contribution is -0.114. The summed E-state index contributed by atoms with van der Waals surface area (Å²) >= 11 is 15.0. The zero-order valence-corrected chi connectivity index (χ0v) is 20.7. The van der Waals surface area contributed by atoms with E-state index in [1.54, 1.807) is 24.3 Å². The van der Waals surface area contributed by atoms with Crippen LogP contribution in [0.15, 0.2) is 64.4 Å². The lowest BCUT2D eigenvalue weighted by Gasteiger charge is -2.25. The van der Waals surface area contributed by atoms with Crippen LogP contribution in [0.3, 0.4) is 0 Å². The van der Waals surface area contributed by atoms with Gasteiger partial charge in [0.15, 0.2) is 4.34 Å². The van der Waals surface area contributed by atoms with Gasteiger partial charge in [0.2, 0.25) is 11.0 Å². The normalized spacial score (nSPS) is 11.2. The third-order valence-electron chi connectivity index (χ3n) is 4.07. The number of amides is 1. The first-order valence-corrected chi connectivity index (χ1v) is 13.1. The summed E-state index contributed by atoms with van der Waals surface area (Å²) in [5.74, 6) is 0.0476. The summed E-state index contributed by atoms with van der Waals surface area (Å²) < 4.78 is 28.4. The highest BCUT2D eigenvalue weighted by Gasteiger charge is 2.29. The summed E-state index contributed by atoms with van der Waals surface area (Å²) in [4.78, 5) is 12.8. The van der Waals surface area contributed by atoms with E-state index in [2.05, 4.69) is 22.1 Å². The Labute approximate surface area is 204 Å². The number of sulfonamides is 1. The molecule has 1 aromatic heterocycles. The molecular formula is C20H18Cl2N4O3S3. The zero-order chi connectivity index (χ0) is 23.3. The maximum absolute atomic E-state index is 13.4. The number of hydrogen-bond acceptors (Lipinski definition) is 7. The van der Waals surface area contributed by atoms with Crippen molar-refractivity contribution in [2.75, 3.05) is 21.9 Å². The number of carbonyl (C=O) groups excluding carboxylic acids is 1. The van der Waals surface area contributed by atoms with Crippen molar-refractivity contribution in [2.24, 2.45) is 0 Å². The van der Waals surface area contributed by atoms with E-state index in [-0.39, 0.29) is 25.8 Å². The minimum Gasteiger partial charge on any atom is -0.299 e. The maximum atomic E-state index is 13.4. The van der Waals surface area contributed by atoms with Gasteiger partial charge in [0.25, 0.3) is 10.0 Å². The van der Waals surface area contributed by atoms with Crippen LogP contribution in [0, 0.1) is 6.92 Å². The number of nitrogens with zero attached hydrogens (tertiary/aromatic N) is 3. The average molecular weight is 529 g/mol. The minimum atomic E-state index is -4.12. The monoisotopic (exact) mass is 528 g/mol. The average Bonchev–Trinajstić information content (AvgIpc) is 3.20. The van der Waals surface area contributed by atoms with E-state index in [1.807, 2.05) is 6.92 Å². The molecule has 1 heterocycles. The SMILES string of the molecule is C=CCSc1nnc(NC(=O)CN(c2cccc(Cl)c2Cl)S(=O)(=O)c2ccc(C)cc2)s1. The molecule has 32 heavy (non-hydrogen) atoms. The molecule has 1 amide bonds. The van der Waals surface area contributed by atoms with E-state index in [4.69, 9.17) is 23.2 Å². The van der Waals surface area contributed by atoms with Crippen LogP contribution >= 0.6 is 46.3 Å². The Kier molecular flexibility index (Phi) is 8.18. The van der Waals surface area contributed by atoms with Crippen LogP contribution in [0.2, 0.25) is 10.0 Å². The van der Waals surface area contributed by atoms with Crippen LogP contribution in [0.5, 0.6) is 0 Å². The molecule has 12 heteroatoms. The van der Waals surface area contributed by atoms with Gasteiger partial charge in [-0.2, -0.15) is 0 Å². The molecule has 3 rings (SSSR count). The largest absolute Gasteiger partial charge is 0.299 e. The van der Waals surface area contributed by atoms with Crippen molar-refractivity contribution in [1.82, 2.24) is 10.2 Å². The number of carbonyl (C=O) groups is 1. The molecule has 1 N–H and O–H groups in total. The summed E-state index contributed by atoms with van der Waals surface area (Å²) in [6.45, 7) is 4.95. The third-order valence-corrected chi connectivity index (χ3v) is 8.62. The van der Waals surface area contributed by atoms with Gasteiger partial charge in [0.1, 0.15) is 6.54 Å². The topological polar surface area (TPSA) is 92.3 Å². The van der Waals surface area contributed by atoms with Crippen molar-refractivity contribution < 1.29 is 13.2 Å². The Balaban J connectivity index is 1.91. The molecule has 7 nitrogen and oxygen atoms in total. The molecule has 0 aliphatic carbocycles. The molecule has 0 aliphatic rings. The molecule has 0 spiro atoms. The van der Waals surface area contributed by atoms with Gasteiger partial charge in [0, 0.05) is 5.75 Å². The van der Waals surface area contributed by atoms with Gasteiger partial charge in [-0.25, -0.2) is 8.42 Å². The van der Waals surface area contributed by atoms with Crippen LogP contribution in [-0.4, -0.2) is 36.8 Å². The summed E-state index contributed by atoms with van der Waals surface area (Å²) in [6.07, 6.45) is 1.73. The second kappa shape index (κ2) is 10.7. The van der Waals surface area contributed by atoms with Gasteiger partial charge >= 0.3 is 0 Å². The van der Waals surface area contributed by atoms with E-state index in [1.165, 1.54) is 47.4 Å². The van der Waals surface area contributed by atoms with Crippen LogP contribution in [0.4, 0.5) is 10.8 Å². The molecule has 0 unspecified atom stereocenters. The van der Waals surface area contributed by atoms with Crippen LogP contribution < -0.4 is 9.62 Å². The van der Waals surface area contributed by atoms with Crippen molar-refractivity contribution >= 4 is 73.0 Å². The highest BCUT2D eigenvalue weighted by Crippen LogP contribution is 2.35. The number of aromatic nitrogens is 2. The van der Waals surface area contributed by atoms with E-state index in [0.717, 1.165) is 9.87 Å². The Morgan fingerprint density at radius 3 is 2.62 bits per heavy atom. The smallest absolute Gasteiger partial charge is 0.264 e. The fourth-order valence-electron chi connectivity index (χ4n) is 2.56. The second-order valence-electron chi connectivity index (χ2n) is 6.42. The number of thioether (sulfide) groups is 1. The highest BCUT2D eigenvalue weighted by molar-refractivity contribution is 8.01. The van der Waals surface area contributed by atoms with Crippen molar-refractivity contribution in [1.29, 1.82) is 0 Å². The minimum absolute atomic E-state index is 0.0194. The molecule has 0 saturated carbocycles. The number of nitrogens with one attached hydrogen (secondary N) is 1. The molecule has 3 aromatic rings. The molecule has 0 aliphatic heterocycles. The summed E-state index contributed by atoms with van der Waals surface area (Å²) in [7, 11) is -4.12. The molecule has 168 valence electrons. The first-order valence-electron chi connectivity index (χ1n) is 9.13. The fraction of sp³-hybridized carbons (Fsp3) is 0.150. The number of rotatable bonds is 9. The van der Waals surface area contributed by atoms with Gasteiger partial charge in [-0.1, -0.05) is 76.1 Å². The molecule has 0 atom stereocenters. The van der Waals surface area contributed by atoms with Crippen LogP contribution in [-0.2, 0) is 14.8 Å². The lowest BCUT2D eigenvalue weighted by Crippen LogP contribution is -2.38. The number of aryl methyl sites for hydroxylation is 1. The molecule has 0 bridgehead atoms. The van der Waals surface area contributed by atoms with Crippen molar-refractivity contribution in [3.63, 3.8) is 0 Å². The molecule has 0 radical (unpaired) electrons. The van der Waals surface area contributed by atoms with E-state index >= 15 is 0 Å². The molecule has 0 fully saturated rings. The Morgan fingerprint density at radius 2 is 1.94 bits per heavy atom. The van der Waals surface area contributed by atoms with E-state index in [9.17, 15) is 13.2 Å². The number of benzene rings is 2. The Hall–Kier alpha value is -2.11. The van der Waals surface area contributed by atoms with Gasteiger partial charge in [-0.05, 0) is 31.2 Å². The molecular weight excluding hydrogens is 511 g/mol. The first-order chi connectivity index (χ1) is 15.2. The number of halogens is 2. The number of anilines is 2. The second-order valence-corrected chi connectivity index (χ2v) is 11.3. The van der Waals surface area contributed by atoms with E-state index in [0.29, 0.717) is 10.1 Å².